The molecular weight excluding hydrogens is 324 g/mol. The van der Waals surface area contributed by atoms with Gasteiger partial charge in [0.05, 0.1) is 5.88 Å². The van der Waals surface area contributed by atoms with Crippen LogP contribution in [0.4, 0.5) is 4.39 Å². The van der Waals surface area contributed by atoms with Crippen molar-refractivity contribution >= 4 is 33.2 Å². The number of benzene rings is 1. The third kappa shape index (κ3) is 3.85. The van der Waals surface area contributed by atoms with Gasteiger partial charge in [-0.2, -0.15) is 4.31 Å². The molecule has 0 N–H and O–H groups in total. The number of nitrogens with zero attached hydrogens (tertiary/aromatic N) is 1. The van der Waals surface area contributed by atoms with E-state index in [1.165, 1.54) is 10.4 Å². The van der Waals surface area contributed by atoms with E-state index in [1.807, 2.05) is 13.8 Å². The number of sulfonamides is 1. The minimum absolute atomic E-state index is 0.0886. The van der Waals surface area contributed by atoms with Gasteiger partial charge in [0.25, 0.3) is 0 Å². The van der Waals surface area contributed by atoms with E-state index in [4.69, 9.17) is 23.2 Å². The Morgan fingerprint density at radius 3 is 2.20 bits per heavy atom. The van der Waals surface area contributed by atoms with Gasteiger partial charge in [-0.3, -0.25) is 0 Å². The van der Waals surface area contributed by atoms with Crippen molar-refractivity contribution in [1.82, 2.24) is 4.31 Å². The molecule has 0 fully saturated rings. The molecule has 0 atom stereocenters. The fraction of sp³-hybridized carbons (Fsp3) is 0.538. The fourth-order valence-corrected chi connectivity index (χ4v) is 4.15. The maximum Gasteiger partial charge on any atom is 0.246 e. The Morgan fingerprint density at radius 1 is 1.20 bits per heavy atom. The van der Waals surface area contributed by atoms with E-state index >= 15 is 0 Å². The van der Waals surface area contributed by atoms with Crippen molar-refractivity contribution in [3.8, 4) is 0 Å². The molecule has 1 aromatic rings. The molecule has 0 spiro atoms. The maximum atomic E-state index is 14.2. The summed E-state index contributed by atoms with van der Waals surface area (Å²) in [5.41, 5.74) is 0.0886. The van der Waals surface area contributed by atoms with Gasteiger partial charge < -0.3 is 0 Å². The summed E-state index contributed by atoms with van der Waals surface area (Å²) in [5, 5.41) is 0.161. The molecule has 7 heteroatoms. The van der Waals surface area contributed by atoms with Gasteiger partial charge in [0, 0.05) is 23.7 Å². The largest absolute Gasteiger partial charge is 0.246 e. The van der Waals surface area contributed by atoms with Crippen LogP contribution in [0.25, 0.3) is 0 Å². The quantitative estimate of drug-likeness (QED) is 0.702. The SMILES string of the molecule is CCCN(CCC)S(=O)(=O)c1cc(Cl)cc(CCl)c1F. The summed E-state index contributed by atoms with van der Waals surface area (Å²) in [4.78, 5) is -0.400. The lowest BCUT2D eigenvalue weighted by Gasteiger charge is -2.22. The van der Waals surface area contributed by atoms with E-state index in [0.29, 0.717) is 25.9 Å². The molecular formula is C13H18Cl2FNO2S. The van der Waals surface area contributed by atoms with Crippen LogP contribution in [0.2, 0.25) is 5.02 Å². The van der Waals surface area contributed by atoms with E-state index in [9.17, 15) is 12.8 Å². The van der Waals surface area contributed by atoms with Crippen molar-refractivity contribution in [3.05, 3.63) is 28.5 Å². The summed E-state index contributed by atoms with van der Waals surface area (Å²) >= 11 is 11.5. The molecule has 0 heterocycles. The zero-order valence-electron chi connectivity index (χ0n) is 11.5. The zero-order valence-corrected chi connectivity index (χ0v) is 13.8. The van der Waals surface area contributed by atoms with Crippen LogP contribution in [-0.4, -0.2) is 25.8 Å². The van der Waals surface area contributed by atoms with Crippen LogP contribution in [0.3, 0.4) is 0 Å². The predicted molar refractivity (Wildman–Crippen MR) is 80.3 cm³/mol. The van der Waals surface area contributed by atoms with E-state index in [0.717, 1.165) is 6.07 Å². The average molecular weight is 342 g/mol. The van der Waals surface area contributed by atoms with Crippen molar-refractivity contribution in [2.75, 3.05) is 13.1 Å². The summed E-state index contributed by atoms with van der Waals surface area (Å²) in [7, 11) is -3.90. The minimum atomic E-state index is -3.90. The number of hydrogen-bond acceptors (Lipinski definition) is 2. The van der Waals surface area contributed by atoms with Gasteiger partial charge >= 0.3 is 0 Å². The first-order chi connectivity index (χ1) is 9.38. The highest BCUT2D eigenvalue weighted by atomic mass is 35.5. The second-order valence-electron chi connectivity index (χ2n) is 4.41. The number of hydrogen-bond donors (Lipinski definition) is 0. The highest BCUT2D eigenvalue weighted by Gasteiger charge is 2.28. The molecule has 0 aliphatic rings. The van der Waals surface area contributed by atoms with Gasteiger partial charge in [0.15, 0.2) is 0 Å². The van der Waals surface area contributed by atoms with Gasteiger partial charge in [-0.1, -0.05) is 25.4 Å². The molecule has 20 heavy (non-hydrogen) atoms. The van der Waals surface area contributed by atoms with Crippen LogP contribution in [0.5, 0.6) is 0 Å². The van der Waals surface area contributed by atoms with Crippen LogP contribution >= 0.6 is 23.2 Å². The second kappa shape index (κ2) is 7.59. The molecule has 114 valence electrons. The monoisotopic (exact) mass is 341 g/mol. The molecule has 1 aromatic carbocycles. The van der Waals surface area contributed by atoms with Gasteiger partial charge in [-0.05, 0) is 25.0 Å². The molecule has 0 saturated heterocycles. The Labute approximate surface area is 129 Å². The zero-order chi connectivity index (χ0) is 15.3. The third-order valence-corrected chi connectivity index (χ3v) is 5.19. The van der Waals surface area contributed by atoms with Crippen molar-refractivity contribution in [1.29, 1.82) is 0 Å². The molecule has 1 rings (SSSR count). The highest BCUT2D eigenvalue weighted by Crippen LogP contribution is 2.27. The summed E-state index contributed by atoms with van der Waals surface area (Å²) < 4.78 is 40.6. The summed E-state index contributed by atoms with van der Waals surface area (Å²) in [5.74, 6) is -0.946. The molecule has 0 saturated carbocycles. The summed E-state index contributed by atoms with van der Waals surface area (Å²) in [6.07, 6.45) is 1.31. The lowest BCUT2D eigenvalue weighted by atomic mass is 10.2. The molecule has 0 aliphatic heterocycles. The molecule has 0 aromatic heterocycles. The third-order valence-electron chi connectivity index (χ3n) is 2.79. The summed E-state index contributed by atoms with van der Waals surface area (Å²) in [6, 6.07) is 2.48. The van der Waals surface area contributed by atoms with Gasteiger partial charge in [0.1, 0.15) is 10.7 Å². The Bertz CT molecular complexity index is 558. The number of rotatable bonds is 7. The first kappa shape index (κ1) is 17.7. The Morgan fingerprint density at radius 2 is 1.75 bits per heavy atom. The van der Waals surface area contributed by atoms with Crippen molar-refractivity contribution < 1.29 is 12.8 Å². The Balaban J connectivity index is 3.36. The van der Waals surface area contributed by atoms with Crippen LogP contribution in [0.15, 0.2) is 17.0 Å². The van der Waals surface area contributed by atoms with E-state index < -0.39 is 20.7 Å². The van der Waals surface area contributed by atoms with Gasteiger partial charge in [-0.15, -0.1) is 11.6 Å². The first-order valence-electron chi connectivity index (χ1n) is 6.42. The molecule has 0 aliphatic carbocycles. The number of alkyl halides is 1. The lowest BCUT2D eigenvalue weighted by molar-refractivity contribution is 0.406. The Hall–Kier alpha value is -0.360. The average Bonchev–Trinajstić information content (AvgIpc) is 2.40. The topological polar surface area (TPSA) is 37.4 Å². The highest BCUT2D eigenvalue weighted by molar-refractivity contribution is 7.89. The lowest BCUT2D eigenvalue weighted by Crippen LogP contribution is -2.33. The minimum Gasteiger partial charge on any atom is -0.207 e. The smallest absolute Gasteiger partial charge is 0.207 e. The Kier molecular flexibility index (Phi) is 6.72. The van der Waals surface area contributed by atoms with Crippen LogP contribution in [0.1, 0.15) is 32.3 Å². The standard InChI is InChI=1S/C13H18Cl2FNO2S/c1-3-5-17(6-4-2)20(18,19)12-8-11(15)7-10(9-14)13(12)16/h7-8H,3-6,9H2,1-2H3. The molecule has 0 unspecified atom stereocenters. The van der Waals surface area contributed by atoms with Gasteiger partial charge in [0.2, 0.25) is 10.0 Å². The van der Waals surface area contributed by atoms with E-state index in [1.54, 1.807) is 0 Å². The van der Waals surface area contributed by atoms with Crippen molar-refractivity contribution in [2.45, 2.75) is 37.5 Å². The van der Waals surface area contributed by atoms with Crippen molar-refractivity contribution in [2.24, 2.45) is 0 Å². The van der Waals surface area contributed by atoms with Crippen LogP contribution in [0, 0.1) is 5.82 Å². The van der Waals surface area contributed by atoms with Crippen LogP contribution in [-0.2, 0) is 15.9 Å². The van der Waals surface area contributed by atoms with E-state index in [-0.39, 0.29) is 16.5 Å². The van der Waals surface area contributed by atoms with Crippen molar-refractivity contribution in [3.63, 3.8) is 0 Å². The molecule has 0 bridgehead atoms. The summed E-state index contributed by atoms with van der Waals surface area (Å²) in [6.45, 7) is 4.43. The normalized spacial score (nSPS) is 12.1. The molecule has 0 amide bonds. The van der Waals surface area contributed by atoms with Gasteiger partial charge in [-0.25, -0.2) is 12.8 Å². The first-order valence-corrected chi connectivity index (χ1v) is 8.77. The maximum absolute atomic E-state index is 14.2. The molecule has 3 nitrogen and oxygen atoms in total. The predicted octanol–water partition coefficient (Wildman–Crippen LogP) is 4.03. The second-order valence-corrected chi connectivity index (χ2v) is 7.02. The van der Waals surface area contributed by atoms with Crippen LogP contribution < -0.4 is 0 Å². The number of halogens is 3. The fourth-order valence-electron chi connectivity index (χ4n) is 1.89. The van der Waals surface area contributed by atoms with E-state index in [2.05, 4.69) is 0 Å². The molecule has 0 radical (unpaired) electrons.